The predicted molar refractivity (Wildman–Crippen MR) is 120 cm³/mol. The quantitative estimate of drug-likeness (QED) is 0.361. The van der Waals surface area contributed by atoms with Crippen molar-refractivity contribution in [2.24, 2.45) is 5.92 Å². The number of hydrogen-bond donors (Lipinski definition) is 2. The SMILES string of the molecule is CC(CC(=O)c1ccccc1)C(=O)NC(CC(=O)O)C(=O)COC(=O)c1c(Cl)cccc1Cl. The van der Waals surface area contributed by atoms with Gasteiger partial charge in [-0.25, -0.2) is 4.79 Å². The number of carbonyl (C=O) groups excluding carboxylic acids is 4. The highest BCUT2D eigenvalue weighted by Gasteiger charge is 2.28. The van der Waals surface area contributed by atoms with Crippen LogP contribution in [0.5, 0.6) is 0 Å². The van der Waals surface area contributed by atoms with Gasteiger partial charge in [-0.15, -0.1) is 0 Å². The molecule has 0 aromatic heterocycles. The van der Waals surface area contributed by atoms with Gasteiger partial charge in [0.1, 0.15) is 6.04 Å². The molecule has 0 aliphatic heterocycles. The number of rotatable bonds is 11. The van der Waals surface area contributed by atoms with Crippen molar-refractivity contribution in [1.82, 2.24) is 5.32 Å². The Hall–Kier alpha value is -3.23. The van der Waals surface area contributed by atoms with Crippen LogP contribution in [0, 0.1) is 5.92 Å². The fourth-order valence-corrected chi connectivity index (χ4v) is 3.40. The number of carboxylic acids is 1. The molecule has 8 nitrogen and oxygen atoms in total. The molecule has 2 aromatic rings. The summed E-state index contributed by atoms with van der Waals surface area (Å²) in [5.41, 5.74) is 0.293. The van der Waals surface area contributed by atoms with Crippen molar-refractivity contribution < 1.29 is 33.8 Å². The maximum absolute atomic E-state index is 12.5. The second-order valence-electron chi connectivity index (χ2n) is 7.19. The third-order valence-electron chi connectivity index (χ3n) is 4.63. The monoisotopic (exact) mass is 493 g/mol. The average Bonchev–Trinajstić information content (AvgIpc) is 2.77. The third kappa shape index (κ3) is 7.69. The lowest BCUT2D eigenvalue weighted by atomic mass is 9.98. The molecule has 0 radical (unpaired) electrons. The Morgan fingerprint density at radius 1 is 0.939 bits per heavy atom. The normalized spacial score (nSPS) is 12.3. The van der Waals surface area contributed by atoms with Crippen LogP contribution in [0.1, 0.15) is 40.5 Å². The van der Waals surface area contributed by atoms with Crippen molar-refractivity contribution in [3.63, 3.8) is 0 Å². The lowest BCUT2D eigenvalue weighted by molar-refractivity contribution is -0.141. The highest BCUT2D eigenvalue weighted by molar-refractivity contribution is 6.39. The van der Waals surface area contributed by atoms with Crippen LogP contribution in [0.25, 0.3) is 0 Å². The van der Waals surface area contributed by atoms with E-state index < -0.39 is 48.6 Å². The summed E-state index contributed by atoms with van der Waals surface area (Å²) in [4.78, 5) is 60.7. The molecular weight excluding hydrogens is 473 g/mol. The number of esters is 1. The van der Waals surface area contributed by atoms with E-state index in [9.17, 15) is 24.0 Å². The third-order valence-corrected chi connectivity index (χ3v) is 5.26. The molecule has 0 saturated carbocycles. The number of carbonyl (C=O) groups is 5. The summed E-state index contributed by atoms with van der Waals surface area (Å²) in [6.07, 6.45) is -0.863. The van der Waals surface area contributed by atoms with Gasteiger partial charge in [0.05, 0.1) is 22.0 Å². The molecule has 0 fully saturated rings. The number of halogens is 2. The van der Waals surface area contributed by atoms with Gasteiger partial charge < -0.3 is 15.2 Å². The summed E-state index contributed by atoms with van der Waals surface area (Å²) < 4.78 is 4.92. The van der Waals surface area contributed by atoms with Crippen LogP contribution in [0.2, 0.25) is 10.0 Å². The van der Waals surface area contributed by atoms with Crippen LogP contribution >= 0.6 is 23.2 Å². The average molecular weight is 494 g/mol. The van der Waals surface area contributed by atoms with Crippen molar-refractivity contribution in [3.8, 4) is 0 Å². The highest BCUT2D eigenvalue weighted by atomic mass is 35.5. The second kappa shape index (κ2) is 12.1. The molecule has 1 amide bonds. The molecule has 2 atom stereocenters. The molecule has 33 heavy (non-hydrogen) atoms. The Morgan fingerprint density at radius 2 is 1.55 bits per heavy atom. The first-order valence-corrected chi connectivity index (χ1v) is 10.6. The van der Waals surface area contributed by atoms with Crippen LogP contribution in [0.15, 0.2) is 48.5 Å². The molecule has 174 valence electrons. The van der Waals surface area contributed by atoms with Crippen molar-refractivity contribution in [1.29, 1.82) is 0 Å². The molecule has 2 N–H and O–H groups in total. The summed E-state index contributed by atoms with van der Waals surface area (Å²) >= 11 is 11.9. The fourth-order valence-electron chi connectivity index (χ4n) is 2.85. The summed E-state index contributed by atoms with van der Waals surface area (Å²) in [6, 6.07) is 11.3. The minimum absolute atomic E-state index is 0.0206. The summed E-state index contributed by atoms with van der Waals surface area (Å²) in [6.45, 7) is 0.674. The van der Waals surface area contributed by atoms with Gasteiger partial charge in [-0.1, -0.05) is 66.5 Å². The fraction of sp³-hybridized carbons (Fsp3) is 0.261. The van der Waals surface area contributed by atoms with E-state index in [1.807, 2.05) is 0 Å². The largest absolute Gasteiger partial charge is 0.481 e. The van der Waals surface area contributed by atoms with E-state index in [4.69, 9.17) is 33.0 Å². The van der Waals surface area contributed by atoms with E-state index in [0.29, 0.717) is 5.56 Å². The van der Waals surface area contributed by atoms with Crippen molar-refractivity contribution in [2.75, 3.05) is 6.61 Å². The molecule has 10 heteroatoms. The molecule has 0 saturated heterocycles. The van der Waals surface area contributed by atoms with Gasteiger partial charge in [0.25, 0.3) is 0 Å². The highest BCUT2D eigenvalue weighted by Crippen LogP contribution is 2.25. The molecule has 2 aromatic carbocycles. The Kier molecular flexibility index (Phi) is 9.57. The van der Waals surface area contributed by atoms with E-state index in [1.165, 1.54) is 25.1 Å². The van der Waals surface area contributed by atoms with Gasteiger partial charge in [0.2, 0.25) is 5.91 Å². The first-order valence-electron chi connectivity index (χ1n) is 9.84. The van der Waals surface area contributed by atoms with Gasteiger partial charge in [0, 0.05) is 17.9 Å². The molecule has 2 rings (SSSR count). The Bertz CT molecular complexity index is 1040. The molecule has 0 heterocycles. The van der Waals surface area contributed by atoms with Gasteiger partial charge in [-0.3, -0.25) is 19.2 Å². The summed E-state index contributed by atoms with van der Waals surface area (Å²) in [7, 11) is 0. The number of ketones is 2. The predicted octanol–water partition coefficient (Wildman–Crippen LogP) is 3.59. The van der Waals surface area contributed by atoms with Crippen LogP contribution in [0.3, 0.4) is 0 Å². The zero-order chi connectivity index (χ0) is 24.5. The maximum atomic E-state index is 12.5. The topological polar surface area (TPSA) is 127 Å². The first-order chi connectivity index (χ1) is 15.6. The maximum Gasteiger partial charge on any atom is 0.341 e. The number of benzene rings is 2. The number of amides is 1. The van der Waals surface area contributed by atoms with Crippen molar-refractivity contribution in [3.05, 3.63) is 69.7 Å². The van der Waals surface area contributed by atoms with E-state index in [1.54, 1.807) is 30.3 Å². The minimum atomic E-state index is -1.46. The second-order valence-corrected chi connectivity index (χ2v) is 8.01. The van der Waals surface area contributed by atoms with Crippen LogP contribution in [-0.2, 0) is 19.1 Å². The Morgan fingerprint density at radius 3 is 2.12 bits per heavy atom. The molecular formula is C23H21Cl2NO7. The molecule has 0 bridgehead atoms. The number of hydrogen-bond acceptors (Lipinski definition) is 6. The number of aliphatic carboxylic acids is 1. The van der Waals surface area contributed by atoms with Crippen LogP contribution in [-0.4, -0.2) is 47.2 Å². The lowest BCUT2D eigenvalue weighted by Crippen LogP contribution is -2.46. The Labute approximate surface area is 199 Å². The smallest absolute Gasteiger partial charge is 0.341 e. The van der Waals surface area contributed by atoms with Crippen LogP contribution < -0.4 is 5.32 Å². The lowest BCUT2D eigenvalue weighted by Gasteiger charge is -2.19. The van der Waals surface area contributed by atoms with Gasteiger partial charge in [-0.05, 0) is 12.1 Å². The van der Waals surface area contributed by atoms with Gasteiger partial charge in [-0.2, -0.15) is 0 Å². The van der Waals surface area contributed by atoms with E-state index in [-0.39, 0.29) is 27.8 Å². The Balaban J connectivity index is 2.00. The summed E-state index contributed by atoms with van der Waals surface area (Å²) in [5, 5.41) is 11.5. The van der Waals surface area contributed by atoms with E-state index >= 15 is 0 Å². The molecule has 0 aliphatic carbocycles. The number of ether oxygens (including phenoxy) is 1. The molecule has 0 aliphatic rings. The minimum Gasteiger partial charge on any atom is -0.481 e. The van der Waals surface area contributed by atoms with Crippen molar-refractivity contribution in [2.45, 2.75) is 25.8 Å². The van der Waals surface area contributed by atoms with Crippen molar-refractivity contribution >= 4 is 52.6 Å². The molecule has 0 spiro atoms. The van der Waals surface area contributed by atoms with E-state index in [2.05, 4.69) is 5.32 Å². The number of Topliss-reactive ketones (excluding diaryl/α,β-unsaturated/α-hetero) is 2. The first kappa shape index (κ1) is 26.0. The zero-order valence-corrected chi connectivity index (χ0v) is 19.1. The number of nitrogens with one attached hydrogen (secondary N) is 1. The summed E-state index contributed by atoms with van der Waals surface area (Å²) in [5.74, 6) is -4.94. The standard InChI is InChI=1S/C23H21Cl2NO7/c1-13(10-18(27)14-6-3-2-4-7-14)22(31)26-17(11-20(29)30)19(28)12-33-23(32)21-15(24)8-5-9-16(21)25/h2-9,13,17H,10-12H2,1H3,(H,26,31)(H,29,30). The van der Waals surface area contributed by atoms with Gasteiger partial charge >= 0.3 is 11.9 Å². The van der Waals surface area contributed by atoms with Crippen LogP contribution in [0.4, 0.5) is 0 Å². The number of carboxylic acid groups (broad SMARTS) is 1. The van der Waals surface area contributed by atoms with Gasteiger partial charge in [0.15, 0.2) is 18.2 Å². The van der Waals surface area contributed by atoms with E-state index in [0.717, 1.165) is 0 Å². The zero-order valence-electron chi connectivity index (χ0n) is 17.5. The molecule has 2 unspecified atom stereocenters.